The molecule has 1 fully saturated rings. The van der Waals surface area contributed by atoms with Crippen molar-refractivity contribution in [2.45, 2.75) is 12.8 Å². The van der Waals surface area contributed by atoms with E-state index in [1.165, 1.54) is 18.4 Å². The lowest BCUT2D eigenvalue weighted by Gasteiger charge is -2.20. The van der Waals surface area contributed by atoms with E-state index < -0.39 is 23.1 Å². The molecular formula is C20H16F2N2O4S. The summed E-state index contributed by atoms with van der Waals surface area (Å²) in [5.74, 6) is -3.15. The number of carbonyl (C=O) groups excluding carboxylic acids is 2. The second kappa shape index (κ2) is 8.22. The largest absolute Gasteiger partial charge is 0.463 e. The number of halogens is 2. The van der Waals surface area contributed by atoms with E-state index in [9.17, 15) is 18.4 Å². The number of amides is 1. The number of benzene rings is 1. The zero-order valence-corrected chi connectivity index (χ0v) is 15.9. The first kappa shape index (κ1) is 19.4. The highest BCUT2D eigenvalue weighted by Crippen LogP contribution is 2.35. The van der Waals surface area contributed by atoms with Gasteiger partial charge in [0.15, 0.2) is 28.3 Å². The monoisotopic (exact) mass is 418 g/mol. The van der Waals surface area contributed by atoms with Crippen molar-refractivity contribution < 1.29 is 27.5 Å². The first-order valence-electron chi connectivity index (χ1n) is 8.96. The Morgan fingerprint density at radius 1 is 1.14 bits per heavy atom. The van der Waals surface area contributed by atoms with E-state index in [-0.39, 0.29) is 16.8 Å². The van der Waals surface area contributed by atoms with Gasteiger partial charge < -0.3 is 9.15 Å². The van der Waals surface area contributed by atoms with Gasteiger partial charge in [-0.05, 0) is 37.1 Å². The van der Waals surface area contributed by atoms with Crippen LogP contribution < -0.4 is 5.32 Å². The van der Waals surface area contributed by atoms with E-state index in [0.29, 0.717) is 42.4 Å². The lowest BCUT2D eigenvalue weighted by atomic mass is 9.94. The highest BCUT2D eigenvalue weighted by Gasteiger charge is 2.29. The molecule has 6 nitrogen and oxygen atoms in total. The van der Waals surface area contributed by atoms with Crippen LogP contribution in [0, 0.1) is 17.6 Å². The number of aromatic nitrogens is 1. The molecular weight excluding hydrogens is 402 g/mol. The van der Waals surface area contributed by atoms with Crippen LogP contribution in [0.3, 0.4) is 0 Å². The molecule has 0 spiro atoms. The lowest BCUT2D eigenvalue weighted by molar-refractivity contribution is 0.0547. The standard InChI is InChI=1S/C20H16F2N2O4S/c21-13-4-1-3-12(15(13)22)19(26)24-20-23-16(14-5-2-8-28-14)18(29-20)17(25)11-6-9-27-10-7-11/h1-5,8,11H,6-7,9-10H2,(H,23,24,26). The van der Waals surface area contributed by atoms with Gasteiger partial charge >= 0.3 is 0 Å². The molecule has 0 radical (unpaired) electrons. The Hall–Kier alpha value is -2.91. The molecule has 0 atom stereocenters. The Morgan fingerprint density at radius 2 is 1.93 bits per heavy atom. The fourth-order valence-corrected chi connectivity index (χ4v) is 4.09. The highest BCUT2D eigenvalue weighted by molar-refractivity contribution is 7.18. The molecule has 0 aliphatic carbocycles. The number of thiazole rings is 1. The van der Waals surface area contributed by atoms with Gasteiger partial charge in [-0.15, -0.1) is 0 Å². The van der Waals surface area contributed by atoms with Gasteiger partial charge in [-0.1, -0.05) is 17.4 Å². The van der Waals surface area contributed by atoms with Gasteiger partial charge in [-0.25, -0.2) is 13.8 Å². The molecule has 3 heterocycles. The minimum Gasteiger partial charge on any atom is -0.463 e. The van der Waals surface area contributed by atoms with Crippen molar-refractivity contribution in [2.75, 3.05) is 18.5 Å². The molecule has 1 aromatic carbocycles. The average Bonchev–Trinajstić information content (AvgIpc) is 3.40. The van der Waals surface area contributed by atoms with Crippen molar-refractivity contribution in [3.8, 4) is 11.5 Å². The molecule has 3 aromatic rings. The van der Waals surface area contributed by atoms with Gasteiger partial charge in [-0.2, -0.15) is 0 Å². The molecule has 1 aliphatic rings. The van der Waals surface area contributed by atoms with Gasteiger partial charge in [0.25, 0.3) is 5.91 Å². The van der Waals surface area contributed by atoms with Crippen LogP contribution in [0.1, 0.15) is 32.9 Å². The van der Waals surface area contributed by atoms with E-state index in [1.54, 1.807) is 12.1 Å². The third-order valence-electron chi connectivity index (χ3n) is 4.61. The quantitative estimate of drug-likeness (QED) is 0.615. The number of furan rings is 1. The molecule has 0 bridgehead atoms. The summed E-state index contributed by atoms with van der Waals surface area (Å²) in [5, 5.41) is 2.55. The predicted molar refractivity (Wildman–Crippen MR) is 102 cm³/mol. The molecule has 0 saturated carbocycles. The zero-order valence-electron chi connectivity index (χ0n) is 15.1. The molecule has 29 heavy (non-hydrogen) atoms. The van der Waals surface area contributed by atoms with Crippen molar-refractivity contribution >= 4 is 28.2 Å². The summed E-state index contributed by atoms with van der Waals surface area (Å²) in [6, 6.07) is 6.66. The van der Waals surface area contributed by atoms with Gasteiger partial charge in [0, 0.05) is 19.1 Å². The number of rotatable bonds is 5. The molecule has 1 saturated heterocycles. The summed E-state index contributed by atoms with van der Waals surface area (Å²) < 4.78 is 38.0. The Kier molecular flexibility index (Phi) is 5.50. The second-order valence-electron chi connectivity index (χ2n) is 6.48. The third kappa shape index (κ3) is 3.96. The van der Waals surface area contributed by atoms with Crippen LogP contribution in [-0.2, 0) is 4.74 Å². The van der Waals surface area contributed by atoms with Crippen LogP contribution in [0.25, 0.3) is 11.5 Å². The highest BCUT2D eigenvalue weighted by atomic mass is 32.1. The molecule has 9 heteroatoms. The van der Waals surface area contributed by atoms with Crippen LogP contribution in [0.4, 0.5) is 13.9 Å². The maximum Gasteiger partial charge on any atom is 0.260 e. The molecule has 1 amide bonds. The van der Waals surface area contributed by atoms with E-state index in [1.807, 2.05) is 0 Å². The smallest absolute Gasteiger partial charge is 0.260 e. The Morgan fingerprint density at radius 3 is 2.66 bits per heavy atom. The number of nitrogens with zero attached hydrogens (tertiary/aromatic N) is 1. The molecule has 1 N–H and O–H groups in total. The van der Waals surface area contributed by atoms with Crippen molar-refractivity contribution in [3.63, 3.8) is 0 Å². The number of anilines is 1. The molecule has 4 rings (SSSR count). The van der Waals surface area contributed by atoms with E-state index in [0.717, 1.165) is 17.4 Å². The SMILES string of the molecule is O=C(Nc1nc(-c2ccco2)c(C(=O)C2CCOCC2)s1)c1cccc(F)c1F. The number of Topliss-reactive ketones (excluding diaryl/α,β-unsaturated/α-hetero) is 1. The second-order valence-corrected chi connectivity index (χ2v) is 7.48. The number of ketones is 1. The van der Waals surface area contributed by atoms with Crippen LogP contribution in [0.5, 0.6) is 0 Å². The predicted octanol–water partition coefficient (Wildman–Crippen LogP) is 4.54. The number of hydrogen-bond donors (Lipinski definition) is 1. The first-order valence-corrected chi connectivity index (χ1v) is 9.78. The van der Waals surface area contributed by atoms with Crippen molar-refractivity contribution in [1.82, 2.24) is 4.98 Å². The van der Waals surface area contributed by atoms with Crippen molar-refractivity contribution in [2.24, 2.45) is 5.92 Å². The number of hydrogen-bond acceptors (Lipinski definition) is 6. The molecule has 150 valence electrons. The minimum atomic E-state index is -1.24. The summed E-state index contributed by atoms with van der Waals surface area (Å²) in [4.78, 5) is 30.1. The van der Waals surface area contributed by atoms with Crippen LogP contribution >= 0.6 is 11.3 Å². The summed E-state index contributed by atoms with van der Waals surface area (Å²) in [7, 11) is 0. The third-order valence-corrected chi connectivity index (χ3v) is 5.60. The van der Waals surface area contributed by atoms with E-state index in [4.69, 9.17) is 9.15 Å². The Balaban J connectivity index is 1.65. The summed E-state index contributed by atoms with van der Waals surface area (Å²) >= 11 is 0.983. The van der Waals surface area contributed by atoms with Gasteiger partial charge in [0.1, 0.15) is 10.6 Å². The van der Waals surface area contributed by atoms with Gasteiger partial charge in [0.2, 0.25) is 0 Å². The molecule has 1 aliphatic heterocycles. The van der Waals surface area contributed by atoms with Crippen molar-refractivity contribution in [1.29, 1.82) is 0 Å². The topological polar surface area (TPSA) is 81.4 Å². The lowest BCUT2D eigenvalue weighted by Crippen LogP contribution is -2.23. The molecule has 2 aromatic heterocycles. The summed E-state index contributed by atoms with van der Waals surface area (Å²) in [5.41, 5.74) is -0.136. The maximum atomic E-state index is 13.9. The maximum absolute atomic E-state index is 13.9. The number of nitrogens with one attached hydrogen (secondary N) is 1. The Labute approximate surface area is 168 Å². The number of carbonyl (C=O) groups is 2. The van der Waals surface area contributed by atoms with Crippen LogP contribution in [0.15, 0.2) is 41.0 Å². The fourth-order valence-electron chi connectivity index (χ4n) is 3.11. The van der Waals surface area contributed by atoms with Gasteiger partial charge in [-0.3, -0.25) is 14.9 Å². The normalized spacial score (nSPS) is 14.7. The zero-order chi connectivity index (χ0) is 20.4. The minimum absolute atomic E-state index is 0.0977. The summed E-state index contributed by atoms with van der Waals surface area (Å²) in [6.45, 7) is 1.02. The van der Waals surface area contributed by atoms with Crippen LogP contribution in [0.2, 0.25) is 0 Å². The van der Waals surface area contributed by atoms with E-state index in [2.05, 4.69) is 10.3 Å². The summed E-state index contributed by atoms with van der Waals surface area (Å²) in [6.07, 6.45) is 2.66. The van der Waals surface area contributed by atoms with Crippen molar-refractivity contribution in [3.05, 3.63) is 58.7 Å². The molecule has 0 unspecified atom stereocenters. The Bertz CT molecular complexity index is 1040. The first-order chi connectivity index (χ1) is 14.0. The number of ether oxygens (including phenoxy) is 1. The van der Waals surface area contributed by atoms with E-state index >= 15 is 0 Å². The van der Waals surface area contributed by atoms with Gasteiger partial charge in [0.05, 0.1) is 11.8 Å². The average molecular weight is 418 g/mol. The van der Waals surface area contributed by atoms with Crippen LogP contribution in [-0.4, -0.2) is 29.9 Å². The fraction of sp³-hybridized carbons (Fsp3) is 0.250.